The Balaban J connectivity index is 0. The molecule has 26 heavy (non-hydrogen) atoms. The molecule has 0 aromatic carbocycles. The van der Waals surface area contributed by atoms with Gasteiger partial charge in [0.2, 0.25) is 9.52 Å². The average molecular weight is 534 g/mol. The number of allylic oxidation sites excluding steroid dienone is 8. The predicted octanol–water partition coefficient (Wildman–Crippen LogP) is -7.03. The summed E-state index contributed by atoms with van der Waals surface area (Å²) >= 11 is -0.287. The molecule has 4 aliphatic rings. The van der Waals surface area contributed by atoms with Crippen LogP contribution >= 0.6 is 0 Å². The van der Waals surface area contributed by atoms with E-state index in [0.29, 0.717) is 0 Å². The van der Waals surface area contributed by atoms with Crippen LogP contribution in [0.5, 0.6) is 0 Å². The Morgan fingerprint density at radius 3 is 1.50 bits per heavy atom. The molecule has 0 saturated heterocycles. The van der Waals surface area contributed by atoms with Gasteiger partial charge in [-0.15, -0.1) is 0 Å². The Labute approximate surface area is 199 Å². The van der Waals surface area contributed by atoms with E-state index < -0.39 is 0 Å². The molecule has 4 aliphatic carbocycles. The minimum Gasteiger partial charge on any atom is -1.00 e. The van der Waals surface area contributed by atoms with Gasteiger partial charge in [0.05, 0.1) is 0 Å². The second-order valence-corrected chi connectivity index (χ2v) is 10.7. The van der Waals surface area contributed by atoms with Gasteiger partial charge in [-0.2, -0.15) is 0 Å². The molecule has 0 aromatic rings. The SMILES string of the molecule is C1=CCC2CC[CH]([Zr+2][CH]3CCC4CC=CC=C43)C2=C1.C[SiH4+2]C.[Cl-].[Cl-].[Cl-].[Cl-]. The molecule has 2 fully saturated rings. The quantitative estimate of drug-likeness (QED) is 0.310. The summed E-state index contributed by atoms with van der Waals surface area (Å²) in [6, 6.07) is 0. The average Bonchev–Trinajstić information content (AvgIpc) is 3.14. The normalized spacial score (nSPS) is 29.5. The smallest absolute Gasteiger partial charge is 0.203 e. The molecular weight excluding hydrogens is 501 g/mol. The van der Waals surface area contributed by atoms with E-state index in [4.69, 9.17) is 0 Å². The van der Waals surface area contributed by atoms with Gasteiger partial charge in [-0.25, -0.2) is 0 Å². The fourth-order valence-corrected chi connectivity index (χ4v) is 9.84. The van der Waals surface area contributed by atoms with E-state index in [0.717, 1.165) is 19.1 Å². The summed E-state index contributed by atoms with van der Waals surface area (Å²) in [6.07, 6.45) is 23.0. The zero-order chi connectivity index (χ0) is 15.4. The van der Waals surface area contributed by atoms with E-state index >= 15 is 0 Å². The van der Waals surface area contributed by atoms with Crippen molar-refractivity contribution in [3.8, 4) is 0 Å². The first-order chi connectivity index (χ1) is 10.8. The molecule has 4 unspecified atom stereocenters. The molecule has 0 radical (unpaired) electrons. The Bertz CT molecular complexity index is 472. The maximum absolute atomic E-state index is 2.48. The van der Waals surface area contributed by atoms with Crippen molar-refractivity contribution in [3.63, 3.8) is 0 Å². The summed E-state index contributed by atoms with van der Waals surface area (Å²) < 4.78 is 2.13. The zero-order valence-corrected chi connectivity index (χ0v) is 20.5. The van der Waals surface area contributed by atoms with Crippen LogP contribution in [-0.2, 0) is 23.2 Å². The number of hydrogen-bond acceptors (Lipinski definition) is 0. The molecule has 6 heteroatoms. The molecule has 0 aromatic heterocycles. The zero-order valence-electron chi connectivity index (χ0n) is 15.0. The van der Waals surface area contributed by atoms with Crippen molar-refractivity contribution in [3.05, 3.63) is 47.6 Å². The first-order valence-electron chi connectivity index (χ1n) is 7.91. The van der Waals surface area contributed by atoms with Crippen LogP contribution in [0.1, 0.15) is 38.5 Å². The molecule has 0 amide bonds. The second kappa shape index (κ2) is 15.1. The summed E-state index contributed by atoms with van der Waals surface area (Å²) in [6.45, 7) is 4.75. The van der Waals surface area contributed by atoms with Crippen molar-refractivity contribution < 1.29 is 72.9 Å². The Morgan fingerprint density at radius 1 is 0.731 bits per heavy atom. The third-order valence-electron chi connectivity index (χ3n) is 5.45. The maximum Gasteiger partial charge on any atom is 0.203 e. The second-order valence-electron chi connectivity index (χ2n) is 6.48. The fraction of sp³-hybridized carbons (Fsp3) is 0.600. The molecular formula is C20H32Cl4SiZr. The summed E-state index contributed by atoms with van der Waals surface area (Å²) in [5.41, 5.74) is 3.73. The van der Waals surface area contributed by atoms with Crippen LogP contribution in [0.3, 0.4) is 0 Å². The largest absolute Gasteiger partial charge is 1.00 e. The Kier molecular flexibility index (Phi) is 17.1. The minimum absolute atomic E-state index is 0. The monoisotopic (exact) mass is 530 g/mol. The van der Waals surface area contributed by atoms with Crippen LogP contribution < -0.4 is 49.6 Å². The van der Waals surface area contributed by atoms with Gasteiger partial charge >= 0.3 is 128 Å². The van der Waals surface area contributed by atoms with E-state index in [9.17, 15) is 0 Å². The van der Waals surface area contributed by atoms with E-state index in [1.807, 2.05) is 11.1 Å². The van der Waals surface area contributed by atoms with Gasteiger partial charge in [0.1, 0.15) is 0 Å². The molecule has 0 nitrogen and oxygen atoms in total. The summed E-state index contributed by atoms with van der Waals surface area (Å²) in [7, 11) is -0.250. The van der Waals surface area contributed by atoms with Crippen molar-refractivity contribution in [1.82, 2.24) is 0 Å². The molecule has 0 heterocycles. The summed E-state index contributed by atoms with van der Waals surface area (Å²) in [5, 5.41) is 0. The van der Waals surface area contributed by atoms with Gasteiger partial charge < -0.3 is 49.6 Å². The molecule has 0 bridgehead atoms. The van der Waals surface area contributed by atoms with Gasteiger partial charge in [-0.3, -0.25) is 0 Å². The van der Waals surface area contributed by atoms with Gasteiger partial charge in [0.15, 0.2) is 0 Å². The van der Waals surface area contributed by atoms with Crippen molar-refractivity contribution >= 4 is 9.52 Å². The standard InChI is InChI=1S/2C9H11.C2H10Si.4ClH.Zr/c2*1-2-5-9-7-3-6-8(9)4-1;1-3-2;;;;;/h2*1-2,4,6,9H,3,5,7H2;1-2H3,3H4;4*1H;/q;;+2;;;;;+2/p-4. The van der Waals surface area contributed by atoms with Crippen molar-refractivity contribution in [1.29, 1.82) is 0 Å². The molecule has 2 saturated carbocycles. The Morgan fingerprint density at radius 2 is 1.12 bits per heavy atom. The number of hydrogen-bond donors (Lipinski definition) is 0. The minimum atomic E-state index is -0.287. The van der Waals surface area contributed by atoms with E-state index in [-0.39, 0.29) is 82.4 Å². The Hall–Kier alpha value is 1.22. The molecule has 0 N–H and O–H groups in total. The topological polar surface area (TPSA) is 0 Å². The maximum atomic E-state index is 2.48. The van der Waals surface area contributed by atoms with Crippen LogP contribution in [0.4, 0.5) is 0 Å². The summed E-state index contributed by atoms with van der Waals surface area (Å²) in [4.78, 5) is 0. The molecule has 4 atom stereocenters. The van der Waals surface area contributed by atoms with Crippen molar-refractivity contribution in [2.75, 3.05) is 0 Å². The number of halogens is 4. The van der Waals surface area contributed by atoms with Gasteiger partial charge in [-0.1, -0.05) is 0 Å². The van der Waals surface area contributed by atoms with Crippen LogP contribution in [0.15, 0.2) is 47.6 Å². The van der Waals surface area contributed by atoms with Gasteiger partial charge in [-0.05, 0) is 0 Å². The van der Waals surface area contributed by atoms with Crippen LogP contribution in [0.2, 0.25) is 20.3 Å². The van der Waals surface area contributed by atoms with Crippen LogP contribution in [0.25, 0.3) is 0 Å². The van der Waals surface area contributed by atoms with Crippen molar-refractivity contribution in [2.24, 2.45) is 11.8 Å². The number of rotatable bonds is 2. The molecule has 0 spiro atoms. The first kappa shape index (κ1) is 29.4. The van der Waals surface area contributed by atoms with Gasteiger partial charge in [0.25, 0.3) is 0 Å². The van der Waals surface area contributed by atoms with Crippen LogP contribution in [0, 0.1) is 11.8 Å². The van der Waals surface area contributed by atoms with E-state index in [1.165, 1.54) is 38.5 Å². The van der Waals surface area contributed by atoms with E-state index in [2.05, 4.69) is 49.6 Å². The van der Waals surface area contributed by atoms with Gasteiger partial charge in [0, 0.05) is 13.1 Å². The third-order valence-corrected chi connectivity index (χ3v) is 10.5. The first-order valence-corrected chi connectivity index (χ1v) is 10.7. The van der Waals surface area contributed by atoms with Crippen molar-refractivity contribution in [2.45, 2.75) is 58.9 Å². The fourth-order valence-electron chi connectivity index (χ4n) is 4.43. The predicted molar refractivity (Wildman–Crippen MR) is 99.7 cm³/mol. The molecule has 4 rings (SSSR count). The number of fused-ring (bicyclic) bond motifs is 2. The molecule has 148 valence electrons. The van der Waals surface area contributed by atoms with E-state index in [1.54, 1.807) is 0 Å². The van der Waals surface area contributed by atoms with Crippen LogP contribution in [-0.4, -0.2) is 9.52 Å². The third kappa shape index (κ3) is 7.23. The molecule has 0 aliphatic heterocycles. The summed E-state index contributed by atoms with van der Waals surface area (Å²) in [5.74, 6) is 1.88.